The molecule has 0 bridgehead atoms. The lowest BCUT2D eigenvalue weighted by Crippen LogP contribution is -2.53. The van der Waals surface area contributed by atoms with Crippen molar-refractivity contribution >= 4 is 18.3 Å². The smallest absolute Gasteiger partial charge is 0.274 e. The minimum atomic E-state index is -0.0609. The Morgan fingerprint density at radius 3 is 2.64 bits per heavy atom. The minimum absolute atomic E-state index is 0. The van der Waals surface area contributed by atoms with E-state index in [1.165, 1.54) is 6.42 Å². The molecule has 124 valence electrons. The van der Waals surface area contributed by atoms with Gasteiger partial charge in [-0.1, -0.05) is 12.1 Å². The summed E-state index contributed by atoms with van der Waals surface area (Å²) in [4.78, 5) is 12.5. The van der Waals surface area contributed by atoms with Crippen LogP contribution in [0.4, 0.5) is 0 Å². The number of carbonyl (C=O) groups is 1. The van der Waals surface area contributed by atoms with E-state index in [-0.39, 0.29) is 23.9 Å². The molecule has 0 aromatic carbocycles. The van der Waals surface area contributed by atoms with Crippen LogP contribution in [0.3, 0.4) is 0 Å². The molecule has 1 saturated heterocycles. The third-order valence-electron chi connectivity index (χ3n) is 5.16. The second-order valence-electron chi connectivity index (χ2n) is 6.39. The number of piperidine rings is 1. The zero-order valence-corrected chi connectivity index (χ0v) is 14.2. The predicted octanol–water partition coefficient (Wildman–Crippen LogP) is 2.00. The molecular formula is C15H26ClN5O. The van der Waals surface area contributed by atoms with E-state index >= 15 is 0 Å². The molecule has 2 fully saturated rings. The normalized spacial score (nSPS) is 20.8. The van der Waals surface area contributed by atoms with Crippen LogP contribution in [-0.4, -0.2) is 39.5 Å². The summed E-state index contributed by atoms with van der Waals surface area (Å²) in [5, 5.41) is 14.9. The van der Waals surface area contributed by atoms with Crippen LogP contribution in [0.5, 0.6) is 0 Å². The van der Waals surface area contributed by atoms with Crippen LogP contribution in [0.2, 0.25) is 0 Å². The van der Waals surface area contributed by atoms with Crippen molar-refractivity contribution in [3.05, 3.63) is 11.4 Å². The lowest BCUT2D eigenvalue weighted by Gasteiger charge is -2.41. The van der Waals surface area contributed by atoms with E-state index in [0.717, 1.165) is 50.9 Å². The highest BCUT2D eigenvalue weighted by Gasteiger charge is 2.37. The standard InChI is InChI=1S/C15H25N5O.ClH/c1-3-15(7-4-8-15)17-14(21)13-11(2)20(19-18-13)12-5-9-16-10-6-12;/h12,16H,3-10H2,1-2H3,(H,17,21);1H. The highest BCUT2D eigenvalue weighted by atomic mass is 35.5. The molecule has 1 aliphatic heterocycles. The van der Waals surface area contributed by atoms with Gasteiger partial charge in [0.05, 0.1) is 11.7 Å². The summed E-state index contributed by atoms with van der Waals surface area (Å²) in [6, 6.07) is 0.365. The maximum Gasteiger partial charge on any atom is 0.274 e. The molecular weight excluding hydrogens is 302 g/mol. The summed E-state index contributed by atoms with van der Waals surface area (Å²) in [6.07, 6.45) is 6.44. The predicted molar refractivity (Wildman–Crippen MR) is 87.5 cm³/mol. The number of halogens is 1. The van der Waals surface area contributed by atoms with Gasteiger partial charge in [-0.25, -0.2) is 4.68 Å². The first-order chi connectivity index (χ1) is 10.2. The van der Waals surface area contributed by atoms with E-state index in [0.29, 0.717) is 11.7 Å². The van der Waals surface area contributed by atoms with Gasteiger partial charge in [0, 0.05) is 5.54 Å². The van der Waals surface area contributed by atoms with Crippen molar-refractivity contribution in [3.8, 4) is 0 Å². The molecule has 1 aliphatic carbocycles. The average molecular weight is 328 g/mol. The molecule has 1 aromatic rings. The fraction of sp³-hybridized carbons (Fsp3) is 0.800. The molecule has 2 N–H and O–H groups in total. The maximum absolute atomic E-state index is 12.5. The van der Waals surface area contributed by atoms with Gasteiger partial charge in [0.1, 0.15) is 0 Å². The highest BCUT2D eigenvalue weighted by Crippen LogP contribution is 2.35. The lowest BCUT2D eigenvalue weighted by molar-refractivity contribution is 0.0814. The Morgan fingerprint density at radius 2 is 2.09 bits per heavy atom. The van der Waals surface area contributed by atoms with Gasteiger partial charge in [0.25, 0.3) is 5.91 Å². The summed E-state index contributed by atoms with van der Waals surface area (Å²) in [6.45, 7) is 6.10. The maximum atomic E-state index is 12.5. The fourth-order valence-electron chi connectivity index (χ4n) is 3.42. The topological polar surface area (TPSA) is 71.8 Å². The zero-order valence-electron chi connectivity index (χ0n) is 13.4. The van der Waals surface area contributed by atoms with Crippen LogP contribution in [-0.2, 0) is 0 Å². The number of rotatable bonds is 4. The third-order valence-corrected chi connectivity index (χ3v) is 5.16. The second kappa shape index (κ2) is 6.96. The van der Waals surface area contributed by atoms with Crippen LogP contribution >= 0.6 is 12.4 Å². The second-order valence-corrected chi connectivity index (χ2v) is 6.39. The van der Waals surface area contributed by atoms with Gasteiger partial charge in [-0.05, 0) is 58.5 Å². The Hall–Kier alpha value is -1.14. The van der Waals surface area contributed by atoms with Crippen molar-refractivity contribution in [2.24, 2.45) is 0 Å². The van der Waals surface area contributed by atoms with E-state index in [2.05, 4.69) is 27.9 Å². The molecule has 22 heavy (non-hydrogen) atoms. The number of nitrogens with zero attached hydrogens (tertiary/aromatic N) is 3. The lowest BCUT2D eigenvalue weighted by atomic mass is 9.75. The highest BCUT2D eigenvalue weighted by molar-refractivity contribution is 5.93. The molecule has 0 radical (unpaired) electrons. The third kappa shape index (κ3) is 3.13. The van der Waals surface area contributed by atoms with Crippen molar-refractivity contribution in [2.75, 3.05) is 13.1 Å². The SMILES string of the molecule is CCC1(NC(=O)c2nnn(C3CCNCC3)c2C)CCC1.Cl. The molecule has 1 amide bonds. The number of hydrogen-bond donors (Lipinski definition) is 2. The van der Waals surface area contributed by atoms with Gasteiger partial charge < -0.3 is 10.6 Å². The fourth-order valence-corrected chi connectivity index (χ4v) is 3.42. The molecule has 0 unspecified atom stereocenters. The van der Waals surface area contributed by atoms with Crippen LogP contribution in [0.15, 0.2) is 0 Å². The van der Waals surface area contributed by atoms with Crippen molar-refractivity contribution < 1.29 is 4.79 Å². The summed E-state index contributed by atoms with van der Waals surface area (Å²) < 4.78 is 1.94. The zero-order chi connectivity index (χ0) is 14.9. The van der Waals surface area contributed by atoms with Crippen LogP contribution in [0.1, 0.15) is 67.7 Å². The first-order valence-electron chi connectivity index (χ1n) is 8.10. The molecule has 0 spiro atoms. The Morgan fingerprint density at radius 1 is 1.41 bits per heavy atom. The summed E-state index contributed by atoms with van der Waals surface area (Å²) in [5.41, 5.74) is 1.39. The van der Waals surface area contributed by atoms with Crippen LogP contribution in [0.25, 0.3) is 0 Å². The number of carbonyl (C=O) groups excluding carboxylic acids is 1. The van der Waals surface area contributed by atoms with Gasteiger partial charge in [0.15, 0.2) is 5.69 Å². The molecule has 3 rings (SSSR count). The van der Waals surface area contributed by atoms with E-state index in [1.807, 2.05) is 11.6 Å². The summed E-state index contributed by atoms with van der Waals surface area (Å²) in [7, 11) is 0. The van der Waals surface area contributed by atoms with E-state index < -0.39 is 0 Å². The van der Waals surface area contributed by atoms with E-state index in [9.17, 15) is 4.79 Å². The average Bonchev–Trinajstić information content (AvgIpc) is 2.85. The Balaban J connectivity index is 0.00000176. The monoisotopic (exact) mass is 327 g/mol. The number of amides is 1. The summed E-state index contributed by atoms with van der Waals surface area (Å²) in [5.74, 6) is -0.0609. The molecule has 7 heteroatoms. The van der Waals surface area contributed by atoms with Gasteiger partial charge in [-0.3, -0.25) is 4.79 Å². The van der Waals surface area contributed by atoms with Crippen molar-refractivity contribution in [2.45, 2.75) is 64.0 Å². The van der Waals surface area contributed by atoms with Gasteiger partial charge >= 0.3 is 0 Å². The number of nitrogens with one attached hydrogen (secondary N) is 2. The van der Waals surface area contributed by atoms with Gasteiger partial charge in [0.2, 0.25) is 0 Å². The first-order valence-corrected chi connectivity index (χ1v) is 8.10. The van der Waals surface area contributed by atoms with Crippen molar-refractivity contribution in [1.82, 2.24) is 25.6 Å². The van der Waals surface area contributed by atoms with Crippen molar-refractivity contribution in [3.63, 3.8) is 0 Å². The molecule has 6 nitrogen and oxygen atoms in total. The molecule has 2 heterocycles. The minimum Gasteiger partial charge on any atom is -0.345 e. The van der Waals surface area contributed by atoms with Crippen molar-refractivity contribution in [1.29, 1.82) is 0 Å². The Kier molecular flexibility index (Phi) is 5.45. The van der Waals surface area contributed by atoms with Crippen LogP contribution < -0.4 is 10.6 Å². The molecule has 2 aliphatic rings. The Labute approximate surface area is 137 Å². The van der Waals surface area contributed by atoms with E-state index in [1.54, 1.807) is 0 Å². The summed E-state index contributed by atoms with van der Waals surface area (Å²) >= 11 is 0. The molecule has 1 aromatic heterocycles. The van der Waals surface area contributed by atoms with Gasteiger partial charge in [-0.15, -0.1) is 17.5 Å². The largest absolute Gasteiger partial charge is 0.345 e. The first kappa shape index (κ1) is 17.2. The number of aromatic nitrogens is 3. The van der Waals surface area contributed by atoms with Crippen LogP contribution in [0, 0.1) is 6.92 Å². The Bertz CT molecular complexity index is 514. The molecule has 1 saturated carbocycles. The molecule has 0 atom stereocenters. The van der Waals surface area contributed by atoms with E-state index in [4.69, 9.17) is 0 Å². The number of hydrogen-bond acceptors (Lipinski definition) is 4. The van der Waals surface area contributed by atoms with Gasteiger partial charge in [-0.2, -0.15) is 0 Å². The quantitative estimate of drug-likeness (QED) is 0.887.